The molecule has 4 heteroatoms. The largest absolute Gasteiger partial charge is 0.459 e. The lowest BCUT2D eigenvalue weighted by atomic mass is 10.0. The SMILES string of the molecule is CCCCCCCCCCCCCCCCOC(=O)C(N)=O. The molecule has 0 atom stereocenters. The summed E-state index contributed by atoms with van der Waals surface area (Å²) in [7, 11) is 0. The van der Waals surface area contributed by atoms with Crippen molar-refractivity contribution in [2.75, 3.05) is 6.61 Å². The molecular weight excluding hydrogens is 278 g/mol. The van der Waals surface area contributed by atoms with E-state index in [0.29, 0.717) is 6.61 Å². The highest BCUT2D eigenvalue weighted by molar-refractivity contribution is 6.31. The standard InChI is InChI=1S/C18H35NO3/c1-2-3-4-5-6-7-8-9-10-11-12-13-14-15-16-22-18(21)17(19)20/h2-16H2,1H3,(H2,19,20). The molecule has 1 amide bonds. The van der Waals surface area contributed by atoms with Crippen LogP contribution in [-0.4, -0.2) is 18.5 Å². The van der Waals surface area contributed by atoms with Crippen LogP contribution in [0.25, 0.3) is 0 Å². The molecule has 0 fully saturated rings. The minimum Gasteiger partial charge on any atom is -0.459 e. The number of primary amides is 1. The van der Waals surface area contributed by atoms with Gasteiger partial charge in [-0.15, -0.1) is 0 Å². The third-order valence-electron chi connectivity index (χ3n) is 3.93. The number of carbonyl (C=O) groups excluding carboxylic acids is 2. The van der Waals surface area contributed by atoms with E-state index >= 15 is 0 Å². The summed E-state index contributed by atoms with van der Waals surface area (Å²) >= 11 is 0. The molecule has 0 radical (unpaired) electrons. The van der Waals surface area contributed by atoms with E-state index in [4.69, 9.17) is 10.5 Å². The van der Waals surface area contributed by atoms with Crippen molar-refractivity contribution in [1.29, 1.82) is 0 Å². The molecule has 0 saturated heterocycles. The molecule has 0 aromatic rings. The molecule has 130 valence electrons. The van der Waals surface area contributed by atoms with Gasteiger partial charge in [0.15, 0.2) is 0 Å². The molecule has 0 spiro atoms. The van der Waals surface area contributed by atoms with E-state index in [1.54, 1.807) is 0 Å². The van der Waals surface area contributed by atoms with Gasteiger partial charge in [0.05, 0.1) is 6.61 Å². The van der Waals surface area contributed by atoms with Crippen molar-refractivity contribution in [2.24, 2.45) is 5.73 Å². The Hall–Kier alpha value is -1.06. The van der Waals surface area contributed by atoms with E-state index in [-0.39, 0.29) is 0 Å². The number of unbranched alkanes of at least 4 members (excludes halogenated alkanes) is 13. The zero-order valence-electron chi connectivity index (χ0n) is 14.4. The van der Waals surface area contributed by atoms with Crippen LogP contribution >= 0.6 is 0 Å². The van der Waals surface area contributed by atoms with Gasteiger partial charge in [-0.3, -0.25) is 4.79 Å². The monoisotopic (exact) mass is 313 g/mol. The second-order valence-electron chi connectivity index (χ2n) is 6.10. The highest BCUT2D eigenvalue weighted by Gasteiger charge is 2.08. The number of amides is 1. The Bertz CT molecular complexity index is 280. The first-order valence-corrected chi connectivity index (χ1v) is 9.15. The Balaban J connectivity index is 3.05. The normalized spacial score (nSPS) is 10.6. The molecular formula is C18H35NO3. The summed E-state index contributed by atoms with van der Waals surface area (Å²) in [5.74, 6) is -1.93. The number of hydrogen-bond acceptors (Lipinski definition) is 3. The Morgan fingerprint density at radius 2 is 1.05 bits per heavy atom. The average Bonchev–Trinajstić information content (AvgIpc) is 2.50. The van der Waals surface area contributed by atoms with E-state index < -0.39 is 11.9 Å². The third kappa shape index (κ3) is 15.3. The molecule has 0 saturated carbocycles. The van der Waals surface area contributed by atoms with Crippen molar-refractivity contribution in [3.8, 4) is 0 Å². The predicted octanol–water partition coefficient (Wildman–Crippen LogP) is 4.50. The van der Waals surface area contributed by atoms with Crippen LogP contribution in [0, 0.1) is 0 Å². The minimum atomic E-state index is -1.01. The summed E-state index contributed by atoms with van der Waals surface area (Å²) in [5, 5.41) is 0. The first-order valence-electron chi connectivity index (χ1n) is 9.15. The highest BCUT2D eigenvalue weighted by atomic mass is 16.5. The fraction of sp³-hybridized carbons (Fsp3) is 0.889. The van der Waals surface area contributed by atoms with Crippen LogP contribution in [0.3, 0.4) is 0 Å². The van der Waals surface area contributed by atoms with Gasteiger partial charge in [0, 0.05) is 0 Å². The smallest absolute Gasteiger partial charge is 0.396 e. The Kier molecular flexibility index (Phi) is 15.5. The topological polar surface area (TPSA) is 69.4 Å². The lowest BCUT2D eigenvalue weighted by molar-refractivity contribution is -0.153. The predicted molar refractivity (Wildman–Crippen MR) is 90.5 cm³/mol. The number of ether oxygens (including phenoxy) is 1. The minimum absolute atomic E-state index is 0.305. The second kappa shape index (κ2) is 16.3. The summed E-state index contributed by atoms with van der Waals surface area (Å²) in [5.41, 5.74) is 4.78. The van der Waals surface area contributed by atoms with Crippen molar-refractivity contribution in [3.63, 3.8) is 0 Å². The third-order valence-corrected chi connectivity index (χ3v) is 3.93. The van der Waals surface area contributed by atoms with Crippen LogP contribution in [0.15, 0.2) is 0 Å². The van der Waals surface area contributed by atoms with Crippen molar-refractivity contribution in [1.82, 2.24) is 0 Å². The summed E-state index contributed by atoms with van der Waals surface area (Å²) < 4.78 is 4.70. The highest BCUT2D eigenvalue weighted by Crippen LogP contribution is 2.12. The summed E-state index contributed by atoms with van der Waals surface area (Å²) in [6, 6.07) is 0. The van der Waals surface area contributed by atoms with Gasteiger partial charge in [0.25, 0.3) is 0 Å². The number of nitrogens with two attached hydrogens (primary N) is 1. The summed E-state index contributed by atoms with van der Waals surface area (Å²) in [6.45, 7) is 2.56. The second-order valence-corrected chi connectivity index (χ2v) is 6.10. The molecule has 0 aromatic heterocycles. The molecule has 0 heterocycles. The van der Waals surface area contributed by atoms with Crippen LogP contribution in [-0.2, 0) is 14.3 Å². The zero-order valence-corrected chi connectivity index (χ0v) is 14.4. The maximum absolute atomic E-state index is 10.8. The molecule has 2 N–H and O–H groups in total. The molecule has 0 aliphatic heterocycles. The molecule has 0 bridgehead atoms. The molecule has 22 heavy (non-hydrogen) atoms. The van der Waals surface area contributed by atoms with Crippen LogP contribution in [0.1, 0.15) is 96.8 Å². The fourth-order valence-electron chi connectivity index (χ4n) is 2.53. The number of rotatable bonds is 15. The van der Waals surface area contributed by atoms with Gasteiger partial charge in [0.2, 0.25) is 0 Å². The van der Waals surface area contributed by atoms with E-state index in [2.05, 4.69) is 6.92 Å². The first-order chi connectivity index (χ1) is 10.7. The lowest BCUT2D eigenvalue weighted by Crippen LogP contribution is -2.25. The molecule has 0 rings (SSSR count). The van der Waals surface area contributed by atoms with Crippen LogP contribution < -0.4 is 5.73 Å². The van der Waals surface area contributed by atoms with Crippen LogP contribution in [0.4, 0.5) is 0 Å². The van der Waals surface area contributed by atoms with Gasteiger partial charge in [-0.2, -0.15) is 0 Å². The van der Waals surface area contributed by atoms with E-state index in [9.17, 15) is 9.59 Å². The number of esters is 1. The quantitative estimate of drug-likeness (QED) is 0.275. The van der Waals surface area contributed by atoms with E-state index in [1.807, 2.05) is 0 Å². The van der Waals surface area contributed by atoms with Gasteiger partial charge >= 0.3 is 11.9 Å². The van der Waals surface area contributed by atoms with Crippen molar-refractivity contribution >= 4 is 11.9 Å². The van der Waals surface area contributed by atoms with Gasteiger partial charge in [0.1, 0.15) is 0 Å². The van der Waals surface area contributed by atoms with Gasteiger partial charge in [-0.1, -0.05) is 90.4 Å². The summed E-state index contributed by atoms with van der Waals surface area (Å²) in [4.78, 5) is 21.2. The molecule has 0 aromatic carbocycles. The fourth-order valence-corrected chi connectivity index (χ4v) is 2.53. The lowest BCUT2D eigenvalue weighted by Gasteiger charge is -2.04. The zero-order chi connectivity index (χ0) is 16.5. The van der Waals surface area contributed by atoms with E-state index in [0.717, 1.165) is 12.8 Å². The van der Waals surface area contributed by atoms with Gasteiger partial charge < -0.3 is 10.5 Å². The van der Waals surface area contributed by atoms with Crippen molar-refractivity contribution < 1.29 is 14.3 Å². The Morgan fingerprint density at radius 3 is 1.41 bits per heavy atom. The molecule has 0 aliphatic carbocycles. The first kappa shape index (κ1) is 20.9. The Labute approximate surface area is 136 Å². The average molecular weight is 313 g/mol. The Morgan fingerprint density at radius 1 is 0.682 bits per heavy atom. The van der Waals surface area contributed by atoms with Gasteiger partial charge in [-0.05, 0) is 6.42 Å². The maximum Gasteiger partial charge on any atom is 0.396 e. The number of hydrogen-bond donors (Lipinski definition) is 1. The molecule has 0 aliphatic rings. The van der Waals surface area contributed by atoms with E-state index in [1.165, 1.54) is 77.0 Å². The molecule has 0 unspecified atom stereocenters. The maximum atomic E-state index is 10.8. The molecule has 4 nitrogen and oxygen atoms in total. The van der Waals surface area contributed by atoms with Crippen LogP contribution in [0.2, 0.25) is 0 Å². The van der Waals surface area contributed by atoms with Gasteiger partial charge in [-0.25, -0.2) is 4.79 Å². The summed E-state index contributed by atoms with van der Waals surface area (Å²) in [6.07, 6.45) is 18.0. The van der Waals surface area contributed by atoms with Crippen LogP contribution in [0.5, 0.6) is 0 Å². The van der Waals surface area contributed by atoms with Crippen molar-refractivity contribution in [2.45, 2.75) is 96.8 Å². The number of carbonyl (C=O) groups is 2. The van der Waals surface area contributed by atoms with Crippen molar-refractivity contribution in [3.05, 3.63) is 0 Å².